The molecule has 0 aliphatic heterocycles. The van der Waals surface area contributed by atoms with Gasteiger partial charge in [0.1, 0.15) is 5.75 Å². The summed E-state index contributed by atoms with van der Waals surface area (Å²) in [4.78, 5) is 23.7. The Labute approximate surface area is 148 Å². The molecule has 1 aliphatic rings. The minimum absolute atomic E-state index is 0. The second kappa shape index (κ2) is 10.2. The summed E-state index contributed by atoms with van der Waals surface area (Å²) in [6, 6.07) is 7.31. The van der Waals surface area contributed by atoms with Crippen molar-refractivity contribution < 1.29 is 34.9 Å². The standard InChI is InChI=1S/C16H25NO2.H3O4P.H2O/c1-17(2)12-15(13-6-8-14(18)9-7-13)16(19)10-4-3-5-11-16;1-5(2,3)4;/h6-9,15,18-19H,3-5,10-12H2,1-2H3;(H3,1,2,3,4);1H2. The van der Waals surface area contributed by atoms with Crippen molar-refractivity contribution in [3.05, 3.63) is 29.8 Å². The zero-order valence-electron chi connectivity index (χ0n) is 14.7. The van der Waals surface area contributed by atoms with E-state index in [2.05, 4.69) is 4.90 Å². The summed E-state index contributed by atoms with van der Waals surface area (Å²) in [7, 11) is -0.556. The molecule has 0 radical (unpaired) electrons. The second-order valence-corrected chi connectivity index (χ2v) is 7.61. The molecule has 25 heavy (non-hydrogen) atoms. The number of hydrogen-bond donors (Lipinski definition) is 5. The molecule has 0 bridgehead atoms. The lowest BCUT2D eigenvalue weighted by atomic mass is 9.72. The van der Waals surface area contributed by atoms with Gasteiger partial charge in [-0.05, 0) is 44.6 Å². The maximum absolute atomic E-state index is 11.0. The predicted molar refractivity (Wildman–Crippen MR) is 95.3 cm³/mol. The molecule has 1 unspecified atom stereocenters. The van der Waals surface area contributed by atoms with E-state index in [0.29, 0.717) is 0 Å². The van der Waals surface area contributed by atoms with Gasteiger partial charge in [0.05, 0.1) is 5.60 Å². The molecule has 1 atom stereocenters. The Kier molecular flexibility index (Phi) is 9.82. The topological polar surface area (TPSA) is 153 Å². The first kappa shape index (κ1) is 24.0. The molecular formula is C16H30NO7P. The van der Waals surface area contributed by atoms with Gasteiger partial charge in [-0.3, -0.25) is 0 Å². The Morgan fingerprint density at radius 2 is 1.52 bits per heavy atom. The Bertz CT molecular complexity index is 530. The van der Waals surface area contributed by atoms with Crippen molar-refractivity contribution in [1.82, 2.24) is 4.90 Å². The molecule has 0 aromatic heterocycles. The molecule has 0 saturated heterocycles. The molecule has 1 aromatic carbocycles. The molecule has 1 saturated carbocycles. The second-order valence-electron chi connectivity index (χ2n) is 6.58. The summed E-state index contributed by atoms with van der Waals surface area (Å²) in [5, 5.41) is 20.4. The maximum atomic E-state index is 11.0. The van der Waals surface area contributed by atoms with Gasteiger partial charge in [0, 0.05) is 12.5 Å². The van der Waals surface area contributed by atoms with Gasteiger partial charge >= 0.3 is 7.82 Å². The average molecular weight is 379 g/mol. The van der Waals surface area contributed by atoms with E-state index in [0.717, 1.165) is 37.8 Å². The van der Waals surface area contributed by atoms with Gasteiger partial charge < -0.3 is 35.3 Å². The van der Waals surface area contributed by atoms with Gasteiger partial charge in [-0.2, -0.15) is 0 Å². The molecule has 8 nitrogen and oxygen atoms in total. The van der Waals surface area contributed by atoms with Gasteiger partial charge in [-0.1, -0.05) is 31.4 Å². The number of hydrogen-bond acceptors (Lipinski definition) is 4. The molecule has 1 fully saturated rings. The molecule has 1 aliphatic carbocycles. The highest BCUT2D eigenvalue weighted by Gasteiger charge is 2.38. The number of phenols is 1. The number of aliphatic hydroxyl groups is 1. The summed E-state index contributed by atoms with van der Waals surface area (Å²) in [6.45, 7) is 0.835. The van der Waals surface area contributed by atoms with Crippen molar-refractivity contribution in [1.29, 1.82) is 0 Å². The summed E-state index contributed by atoms with van der Waals surface area (Å²) in [5.74, 6) is 0.395. The van der Waals surface area contributed by atoms with Gasteiger partial charge in [0.15, 0.2) is 0 Å². The van der Waals surface area contributed by atoms with Crippen molar-refractivity contribution in [2.24, 2.45) is 0 Å². The van der Waals surface area contributed by atoms with Crippen LogP contribution in [-0.2, 0) is 4.57 Å². The normalized spacial score (nSPS) is 17.9. The van der Waals surface area contributed by atoms with Gasteiger partial charge in [-0.25, -0.2) is 4.57 Å². The Morgan fingerprint density at radius 3 is 1.92 bits per heavy atom. The van der Waals surface area contributed by atoms with E-state index in [1.54, 1.807) is 12.1 Å². The minimum atomic E-state index is -4.64. The van der Waals surface area contributed by atoms with Crippen LogP contribution in [0.1, 0.15) is 43.6 Å². The highest BCUT2D eigenvalue weighted by molar-refractivity contribution is 7.45. The Hall–Kier alpha value is -0.990. The lowest BCUT2D eigenvalue weighted by Gasteiger charge is -2.40. The summed E-state index contributed by atoms with van der Waals surface area (Å²) in [6.07, 6.45) is 5.21. The summed E-state index contributed by atoms with van der Waals surface area (Å²) >= 11 is 0. The zero-order valence-corrected chi connectivity index (χ0v) is 15.6. The number of aromatic hydroxyl groups is 1. The van der Waals surface area contributed by atoms with Crippen LogP contribution in [0.4, 0.5) is 0 Å². The first-order valence-electron chi connectivity index (χ1n) is 7.95. The quantitative estimate of drug-likeness (QED) is 0.489. The molecule has 0 spiro atoms. The van der Waals surface area contributed by atoms with Crippen molar-refractivity contribution in [3.8, 4) is 5.75 Å². The fourth-order valence-corrected chi connectivity index (χ4v) is 3.17. The molecule has 0 amide bonds. The van der Waals surface area contributed by atoms with Crippen LogP contribution >= 0.6 is 7.82 Å². The van der Waals surface area contributed by atoms with Gasteiger partial charge in [0.25, 0.3) is 0 Å². The van der Waals surface area contributed by atoms with E-state index >= 15 is 0 Å². The number of nitrogens with zero attached hydrogens (tertiary/aromatic N) is 1. The molecule has 7 N–H and O–H groups in total. The Morgan fingerprint density at radius 1 is 1.08 bits per heavy atom. The molecular weight excluding hydrogens is 349 g/mol. The van der Waals surface area contributed by atoms with Crippen LogP contribution in [0, 0.1) is 0 Å². The minimum Gasteiger partial charge on any atom is -0.508 e. The largest absolute Gasteiger partial charge is 0.508 e. The number of phenolic OH excluding ortho intramolecular Hbond substituents is 1. The van der Waals surface area contributed by atoms with Crippen molar-refractivity contribution >= 4 is 7.82 Å². The number of rotatable bonds is 4. The van der Waals surface area contributed by atoms with E-state index in [1.807, 2.05) is 26.2 Å². The van der Waals surface area contributed by atoms with Gasteiger partial charge in [-0.15, -0.1) is 0 Å². The lowest BCUT2D eigenvalue weighted by molar-refractivity contribution is -0.0277. The maximum Gasteiger partial charge on any atom is 0.466 e. The van der Waals surface area contributed by atoms with Crippen LogP contribution in [0.3, 0.4) is 0 Å². The SMILES string of the molecule is CN(C)CC(c1ccc(O)cc1)C1(O)CCCCC1.O.O=P(O)(O)O. The number of benzene rings is 1. The zero-order chi connectivity index (χ0) is 18.4. The van der Waals surface area contributed by atoms with Crippen LogP contribution in [0.25, 0.3) is 0 Å². The highest BCUT2D eigenvalue weighted by Crippen LogP contribution is 2.40. The monoisotopic (exact) mass is 379 g/mol. The average Bonchev–Trinajstić information content (AvgIpc) is 2.45. The third kappa shape index (κ3) is 9.32. The first-order chi connectivity index (χ1) is 11.0. The van der Waals surface area contributed by atoms with Crippen molar-refractivity contribution in [2.75, 3.05) is 20.6 Å². The molecule has 1 aromatic rings. The van der Waals surface area contributed by atoms with Crippen LogP contribution in [0.5, 0.6) is 5.75 Å². The van der Waals surface area contributed by atoms with Crippen LogP contribution in [0.2, 0.25) is 0 Å². The third-order valence-electron chi connectivity index (χ3n) is 4.21. The number of likely N-dealkylation sites (N-methyl/N-ethyl adjacent to an activating group) is 1. The van der Waals surface area contributed by atoms with Crippen molar-refractivity contribution in [2.45, 2.75) is 43.6 Å². The smallest absolute Gasteiger partial charge is 0.466 e. The van der Waals surface area contributed by atoms with Crippen LogP contribution in [-0.4, -0.2) is 61.5 Å². The molecule has 9 heteroatoms. The van der Waals surface area contributed by atoms with E-state index in [-0.39, 0.29) is 17.1 Å². The van der Waals surface area contributed by atoms with Crippen molar-refractivity contribution in [3.63, 3.8) is 0 Å². The summed E-state index contributed by atoms with van der Waals surface area (Å²) < 4.78 is 8.88. The van der Waals surface area contributed by atoms with E-state index in [4.69, 9.17) is 19.2 Å². The van der Waals surface area contributed by atoms with E-state index in [1.165, 1.54) is 6.42 Å². The molecule has 2 rings (SSSR count). The lowest BCUT2D eigenvalue weighted by Crippen LogP contribution is -2.42. The molecule has 0 heterocycles. The van der Waals surface area contributed by atoms with Crippen LogP contribution < -0.4 is 0 Å². The molecule has 146 valence electrons. The summed E-state index contributed by atoms with van der Waals surface area (Å²) in [5.41, 5.74) is 0.523. The van der Waals surface area contributed by atoms with Gasteiger partial charge in [0.2, 0.25) is 0 Å². The third-order valence-corrected chi connectivity index (χ3v) is 4.21. The first-order valence-corrected chi connectivity index (χ1v) is 9.52. The fraction of sp³-hybridized carbons (Fsp3) is 0.625. The predicted octanol–water partition coefficient (Wildman–Crippen LogP) is 0.979. The Balaban J connectivity index is 0.000000848. The van der Waals surface area contributed by atoms with E-state index < -0.39 is 13.4 Å². The fourth-order valence-electron chi connectivity index (χ4n) is 3.17. The van der Waals surface area contributed by atoms with E-state index in [9.17, 15) is 10.2 Å². The van der Waals surface area contributed by atoms with Crippen LogP contribution in [0.15, 0.2) is 24.3 Å². The highest BCUT2D eigenvalue weighted by atomic mass is 31.2. The number of phosphoric acid groups is 1.